The van der Waals surface area contributed by atoms with Gasteiger partial charge in [0, 0.05) is 16.4 Å². The van der Waals surface area contributed by atoms with E-state index in [-0.39, 0.29) is 18.1 Å². The summed E-state index contributed by atoms with van der Waals surface area (Å²) < 4.78 is 5.51. The van der Waals surface area contributed by atoms with Crippen LogP contribution in [0.4, 0.5) is 5.69 Å². The Morgan fingerprint density at radius 3 is 2.88 bits per heavy atom. The van der Waals surface area contributed by atoms with Gasteiger partial charge < -0.3 is 4.74 Å². The van der Waals surface area contributed by atoms with Crippen LogP contribution in [-0.4, -0.2) is 30.5 Å². The van der Waals surface area contributed by atoms with Gasteiger partial charge in [-0.05, 0) is 55.0 Å². The van der Waals surface area contributed by atoms with Crippen molar-refractivity contribution in [3.63, 3.8) is 0 Å². The Labute approximate surface area is 150 Å². The minimum Gasteiger partial charge on any atom is -0.495 e. The number of carbonyl (C=O) groups is 1. The maximum atomic E-state index is 13.2. The molecule has 4 rings (SSSR count). The topological polar surface area (TPSA) is 32.8 Å². The van der Waals surface area contributed by atoms with E-state index in [1.807, 2.05) is 17.0 Å². The molecule has 0 bridgehead atoms. The second-order valence-electron chi connectivity index (χ2n) is 6.26. The van der Waals surface area contributed by atoms with Crippen molar-refractivity contribution in [3.05, 3.63) is 45.1 Å². The van der Waals surface area contributed by atoms with Gasteiger partial charge in [0.15, 0.2) is 0 Å². The highest BCUT2D eigenvalue weighted by Crippen LogP contribution is 2.47. The van der Waals surface area contributed by atoms with Crippen molar-refractivity contribution in [3.8, 4) is 5.75 Å². The van der Waals surface area contributed by atoms with Crippen LogP contribution in [0.5, 0.6) is 5.75 Å². The fraction of sp³-hybridized carbons (Fsp3) is 0.389. The summed E-state index contributed by atoms with van der Waals surface area (Å²) in [5.41, 5.74) is 1.97. The fourth-order valence-electron chi connectivity index (χ4n) is 3.80. The van der Waals surface area contributed by atoms with Gasteiger partial charge in [0.25, 0.3) is 0 Å². The first-order valence-electron chi connectivity index (χ1n) is 8.08. The molecule has 2 aliphatic heterocycles. The van der Waals surface area contributed by atoms with E-state index in [2.05, 4.69) is 23.3 Å². The molecule has 0 unspecified atom stereocenters. The first kappa shape index (κ1) is 15.9. The zero-order chi connectivity index (χ0) is 16.8. The molecule has 3 heterocycles. The number of benzene rings is 1. The van der Waals surface area contributed by atoms with E-state index in [0.717, 1.165) is 25.1 Å². The molecule has 0 spiro atoms. The second-order valence-corrected chi connectivity index (χ2v) is 7.65. The lowest BCUT2D eigenvalue weighted by Gasteiger charge is -2.30. The number of methoxy groups -OCH3 is 1. The third-order valence-corrected chi connectivity index (χ3v) is 6.21. The van der Waals surface area contributed by atoms with E-state index in [1.165, 1.54) is 10.4 Å². The van der Waals surface area contributed by atoms with Gasteiger partial charge in [-0.1, -0.05) is 11.6 Å². The van der Waals surface area contributed by atoms with Crippen molar-refractivity contribution >= 4 is 34.5 Å². The predicted molar refractivity (Wildman–Crippen MR) is 97.0 cm³/mol. The van der Waals surface area contributed by atoms with Gasteiger partial charge in [-0.2, -0.15) is 0 Å². The van der Waals surface area contributed by atoms with Gasteiger partial charge in [0.2, 0.25) is 5.91 Å². The predicted octanol–water partition coefficient (Wildman–Crippen LogP) is 4.23. The van der Waals surface area contributed by atoms with Crippen LogP contribution in [0.25, 0.3) is 0 Å². The Morgan fingerprint density at radius 1 is 1.33 bits per heavy atom. The van der Waals surface area contributed by atoms with Crippen LogP contribution in [0.2, 0.25) is 5.02 Å². The highest BCUT2D eigenvalue weighted by atomic mass is 35.5. The fourth-order valence-corrected chi connectivity index (χ4v) is 5.00. The number of hydrogen-bond acceptors (Lipinski definition) is 4. The van der Waals surface area contributed by atoms with Crippen molar-refractivity contribution < 1.29 is 9.53 Å². The number of hydrogen-bond donors (Lipinski definition) is 0. The first-order valence-corrected chi connectivity index (χ1v) is 9.34. The number of ether oxygens (including phenoxy) is 1. The Hall–Kier alpha value is -1.56. The maximum Gasteiger partial charge on any atom is 0.246 e. The van der Waals surface area contributed by atoms with E-state index >= 15 is 0 Å². The van der Waals surface area contributed by atoms with E-state index in [0.29, 0.717) is 10.8 Å². The van der Waals surface area contributed by atoms with Crippen molar-refractivity contribution in [2.24, 2.45) is 0 Å². The molecule has 0 aliphatic carbocycles. The summed E-state index contributed by atoms with van der Waals surface area (Å²) in [4.78, 5) is 18.6. The number of fused-ring (bicyclic) bond motifs is 1. The largest absolute Gasteiger partial charge is 0.495 e. The summed E-state index contributed by atoms with van der Waals surface area (Å²) in [5.74, 6) is 0.819. The Kier molecular flexibility index (Phi) is 4.03. The lowest BCUT2D eigenvalue weighted by Crippen LogP contribution is -2.32. The first-order chi connectivity index (χ1) is 11.6. The number of amides is 1. The molecule has 126 valence electrons. The van der Waals surface area contributed by atoms with Gasteiger partial charge in [-0.3, -0.25) is 14.6 Å². The number of carbonyl (C=O) groups excluding carboxylic acids is 1. The third-order valence-electron chi connectivity index (χ3n) is 4.91. The summed E-state index contributed by atoms with van der Waals surface area (Å²) in [6.45, 7) is 3.05. The molecule has 2 aromatic rings. The second kappa shape index (κ2) is 6.06. The number of anilines is 1. The molecule has 4 nitrogen and oxygen atoms in total. The molecule has 0 radical (unpaired) electrons. The van der Waals surface area contributed by atoms with Gasteiger partial charge in [0.05, 0.1) is 18.8 Å². The smallest absolute Gasteiger partial charge is 0.246 e. The quantitative estimate of drug-likeness (QED) is 0.819. The molecule has 2 saturated heterocycles. The van der Waals surface area contributed by atoms with Crippen LogP contribution in [-0.2, 0) is 4.79 Å². The average Bonchev–Trinajstić information content (AvgIpc) is 3.25. The number of rotatable bonds is 3. The van der Waals surface area contributed by atoms with Crippen molar-refractivity contribution in [1.29, 1.82) is 0 Å². The molecular weight excluding hydrogens is 344 g/mol. The minimum absolute atomic E-state index is 0.0415. The lowest BCUT2D eigenvalue weighted by atomic mass is 10.2. The lowest BCUT2D eigenvalue weighted by molar-refractivity contribution is -0.119. The summed E-state index contributed by atoms with van der Waals surface area (Å²) in [6.07, 6.45) is 1.91. The number of nitrogens with zero attached hydrogens (tertiary/aromatic N) is 2. The molecule has 24 heavy (non-hydrogen) atoms. The highest BCUT2D eigenvalue weighted by molar-refractivity contribution is 7.10. The Balaban J connectivity index is 1.87. The molecule has 2 fully saturated rings. The molecule has 2 aliphatic rings. The standard InChI is InChI=1S/C18H19ClN2O2S/c1-11-7-9-24-16(11)17-20-8-3-4-13(20)18(22)21(17)14-10-12(19)5-6-15(14)23-2/h5-7,9-10,13,17H,3-4,8H2,1-2H3/t13-,17+/m0/s1. The van der Waals surface area contributed by atoms with Crippen LogP contribution in [0.1, 0.15) is 29.4 Å². The highest BCUT2D eigenvalue weighted by Gasteiger charge is 2.50. The summed E-state index contributed by atoms with van der Waals surface area (Å²) >= 11 is 7.92. The summed E-state index contributed by atoms with van der Waals surface area (Å²) in [7, 11) is 1.62. The van der Waals surface area contributed by atoms with Crippen molar-refractivity contribution in [2.45, 2.75) is 32.0 Å². The Bertz CT molecular complexity index is 791. The molecular formula is C18H19ClN2O2S. The van der Waals surface area contributed by atoms with Crippen LogP contribution in [0, 0.1) is 6.92 Å². The van der Waals surface area contributed by atoms with E-state index in [9.17, 15) is 4.79 Å². The van der Waals surface area contributed by atoms with Gasteiger partial charge in [0.1, 0.15) is 11.9 Å². The molecule has 1 amide bonds. The van der Waals surface area contributed by atoms with Crippen LogP contribution >= 0.6 is 22.9 Å². The van der Waals surface area contributed by atoms with E-state index < -0.39 is 0 Å². The normalized spacial score (nSPS) is 23.8. The maximum absolute atomic E-state index is 13.2. The number of thiophene rings is 1. The SMILES string of the molecule is COc1ccc(Cl)cc1N1C(=O)[C@@H]2CCCN2[C@H]1c1sccc1C. The Morgan fingerprint density at radius 2 is 2.17 bits per heavy atom. The van der Waals surface area contributed by atoms with Crippen molar-refractivity contribution in [2.75, 3.05) is 18.6 Å². The van der Waals surface area contributed by atoms with Gasteiger partial charge in [-0.15, -0.1) is 11.3 Å². The molecule has 1 aromatic heterocycles. The molecule has 1 aromatic carbocycles. The third kappa shape index (κ3) is 2.34. The van der Waals surface area contributed by atoms with Crippen LogP contribution in [0.15, 0.2) is 29.6 Å². The van der Waals surface area contributed by atoms with E-state index in [1.54, 1.807) is 24.5 Å². The number of aryl methyl sites for hydroxylation is 1. The monoisotopic (exact) mass is 362 g/mol. The molecule has 0 saturated carbocycles. The summed E-state index contributed by atoms with van der Waals surface area (Å²) in [6, 6.07) is 7.52. The number of halogens is 1. The average molecular weight is 363 g/mol. The summed E-state index contributed by atoms with van der Waals surface area (Å²) in [5, 5.41) is 2.69. The molecule has 2 atom stereocenters. The van der Waals surface area contributed by atoms with Crippen molar-refractivity contribution in [1.82, 2.24) is 4.90 Å². The van der Waals surface area contributed by atoms with Gasteiger partial charge >= 0.3 is 0 Å². The van der Waals surface area contributed by atoms with Gasteiger partial charge in [-0.25, -0.2) is 0 Å². The zero-order valence-corrected chi connectivity index (χ0v) is 15.2. The minimum atomic E-state index is -0.0719. The van der Waals surface area contributed by atoms with E-state index in [4.69, 9.17) is 16.3 Å². The van der Waals surface area contributed by atoms with Crippen LogP contribution in [0.3, 0.4) is 0 Å². The molecule has 6 heteroatoms. The zero-order valence-electron chi connectivity index (χ0n) is 13.7. The van der Waals surface area contributed by atoms with Crippen LogP contribution < -0.4 is 9.64 Å². The molecule has 0 N–H and O–H groups in total.